The van der Waals surface area contributed by atoms with E-state index in [0.29, 0.717) is 50.8 Å². The molecule has 1 aromatic carbocycles. The van der Waals surface area contributed by atoms with Crippen molar-refractivity contribution in [3.63, 3.8) is 0 Å². The van der Waals surface area contributed by atoms with Gasteiger partial charge in [-0.25, -0.2) is 0 Å². The lowest BCUT2D eigenvalue weighted by Gasteiger charge is -2.29. The number of carbonyl (C=O) groups excluding carboxylic acids is 2. The van der Waals surface area contributed by atoms with Crippen LogP contribution in [0.2, 0.25) is 5.02 Å². The maximum atomic E-state index is 12.5. The van der Waals surface area contributed by atoms with Gasteiger partial charge in [0.2, 0.25) is 11.8 Å². The Morgan fingerprint density at radius 2 is 2.00 bits per heavy atom. The third kappa shape index (κ3) is 3.25. The van der Waals surface area contributed by atoms with E-state index >= 15 is 0 Å². The second-order valence-electron chi connectivity index (χ2n) is 5.70. The summed E-state index contributed by atoms with van der Waals surface area (Å²) in [7, 11) is 0. The van der Waals surface area contributed by atoms with E-state index in [4.69, 9.17) is 16.3 Å². The molecule has 1 atom stereocenters. The highest BCUT2D eigenvalue weighted by atomic mass is 35.5. The molecule has 0 spiro atoms. The zero-order valence-electron chi connectivity index (χ0n) is 12.3. The summed E-state index contributed by atoms with van der Waals surface area (Å²) in [5.74, 6) is -0.155. The number of amides is 2. The van der Waals surface area contributed by atoms with Crippen LogP contribution in [-0.4, -0.2) is 54.5 Å². The zero-order valence-corrected chi connectivity index (χ0v) is 13.1. The first-order chi connectivity index (χ1) is 10.6. The minimum Gasteiger partial charge on any atom is -0.378 e. The van der Waals surface area contributed by atoms with Gasteiger partial charge in [0.05, 0.1) is 19.1 Å². The average Bonchev–Trinajstić information content (AvgIpc) is 2.91. The fraction of sp³-hybridized carbons (Fsp3) is 0.500. The summed E-state index contributed by atoms with van der Waals surface area (Å²) in [5.41, 5.74) is 0.914. The SMILES string of the molecule is O=C1C[C@@H](C(=O)N2CCOCC2)CN1Cc1ccccc1Cl. The summed E-state index contributed by atoms with van der Waals surface area (Å²) in [5, 5.41) is 0.651. The quantitative estimate of drug-likeness (QED) is 0.848. The molecule has 0 aliphatic carbocycles. The molecule has 2 fully saturated rings. The number of ether oxygens (including phenoxy) is 1. The molecule has 0 N–H and O–H groups in total. The van der Waals surface area contributed by atoms with E-state index in [9.17, 15) is 9.59 Å². The second-order valence-corrected chi connectivity index (χ2v) is 6.11. The Hall–Kier alpha value is -1.59. The van der Waals surface area contributed by atoms with Gasteiger partial charge in [0.1, 0.15) is 0 Å². The van der Waals surface area contributed by atoms with Gasteiger partial charge in [-0.15, -0.1) is 0 Å². The number of morpholine rings is 1. The number of halogens is 1. The Labute approximate surface area is 134 Å². The molecule has 1 aromatic rings. The van der Waals surface area contributed by atoms with Gasteiger partial charge in [-0.3, -0.25) is 9.59 Å². The van der Waals surface area contributed by atoms with Gasteiger partial charge in [0.15, 0.2) is 0 Å². The van der Waals surface area contributed by atoms with Crippen LogP contribution in [0.1, 0.15) is 12.0 Å². The van der Waals surface area contributed by atoms with Crippen LogP contribution in [0.4, 0.5) is 0 Å². The topological polar surface area (TPSA) is 49.9 Å². The molecule has 6 heteroatoms. The molecule has 118 valence electrons. The van der Waals surface area contributed by atoms with Gasteiger partial charge >= 0.3 is 0 Å². The molecule has 22 heavy (non-hydrogen) atoms. The van der Waals surface area contributed by atoms with Crippen LogP contribution in [0.5, 0.6) is 0 Å². The van der Waals surface area contributed by atoms with E-state index in [1.54, 1.807) is 9.80 Å². The van der Waals surface area contributed by atoms with Crippen molar-refractivity contribution >= 4 is 23.4 Å². The number of hydrogen-bond donors (Lipinski definition) is 0. The molecule has 2 aliphatic rings. The molecule has 0 radical (unpaired) electrons. The number of benzene rings is 1. The minimum atomic E-state index is -0.243. The van der Waals surface area contributed by atoms with Crippen LogP contribution in [-0.2, 0) is 20.9 Å². The Morgan fingerprint density at radius 3 is 2.73 bits per heavy atom. The normalized spacial score (nSPS) is 22.2. The molecular weight excluding hydrogens is 304 g/mol. The lowest BCUT2D eigenvalue weighted by atomic mass is 10.1. The van der Waals surface area contributed by atoms with Crippen LogP contribution < -0.4 is 0 Å². The maximum absolute atomic E-state index is 12.5. The van der Waals surface area contributed by atoms with Crippen molar-refractivity contribution in [3.8, 4) is 0 Å². The standard InChI is InChI=1S/C16H19ClN2O3/c17-14-4-2-1-3-12(14)10-19-11-13(9-15(19)20)16(21)18-5-7-22-8-6-18/h1-4,13H,5-11H2/t13-/m1/s1. The third-order valence-electron chi connectivity index (χ3n) is 4.21. The van der Waals surface area contributed by atoms with Gasteiger partial charge in [0.25, 0.3) is 0 Å². The highest BCUT2D eigenvalue weighted by Crippen LogP contribution is 2.25. The Kier molecular flexibility index (Phi) is 4.64. The second kappa shape index (κ2) is 6.67. The zero-order chi connectivity index (χ0) is 15.5. The summed E-state index contributed by atoms with van der Waals surface area (Å²) >= 11 is 6.14. The van der Waals surface area contributed by atoms with Crippen LogP contribution in [0.25, 0.3) is 0 Å². The smallest absolute Gasteiger partial charge is 0.228 e. The van der Waals surface area contributed by atoms with E-state index in [1.165, 1.54) is 0 Å². The number of carbonyl (C=O) groups is 2. The molecule has 3 rings (SSSR count). The molecule has 0 bridgehead atoms. The van der Waals surface area contributed by atoms with Gasteiger partial charge in [-0.05, 0) is 11.6 Å². The molecule has 2 saturated heterocycles. The van der Waals surface area contributed by atoms with E-state index in [1.807, 2.05) is 24.3 Å². The van der Waals surface area contributed by atoms with Crippen LogP contribution >= 0.6 is 11.6 Å². The van der Waals surface area contributed by atoms with Crippen molar-refractivity contribution in [3.05, 3.63) is 34.9 Å². The monoisotopic (exact) mass is 322 g/mol. The lowest BCUT2D eigenvalue weighted by Crippen LogP contribution is -2.44. The predicted molar refractivity (Wildman–Crippen MR) is 82.4 cm³/mol. The Morgan fingerprint density at radius 1 is 1.27 bits per heavy atom. The molecule has 0 saturated carbocycles. The summed E-state index contributed by atoms with van der Waals surface area (Å²) in [4.78, 5) is 28.2. The van der Waals surface area contributed by atoms with E-state index in [2.05, 4.69) is 0 Å². The summed E-state index contributed by atoms with van der Waals surface area (Å²) < 4.78 is 5.26. The average molecular weight is 323 g/mol. The largest absolute Gasteiger partial charge is 0.378 e. The van der Waals surface area contributed by atoms with Crippen LogP contribution in [0, 0.1) is 5.92 Å². The van der Waals surface area contributed by atoms with Crippen molar-refractivity contribution in [1.82, 2.24) is 9.80 Å². The first-order valence-corrected chi connectivity index (χ1v) is 7.90. The first-order valence-electron chi connectivity index (χ1n) is 7.53. The van der Waals surface area contributed by atoms with Crippen molar-refractivity contribution < 1.29 is 14.3 Å². The number of nitrogens with zero attached hydrogens (tertiary/aromatic N) is 2. The summed E-state index contributed by atoms with van der Waals surface area (Å²) in [6.07, 6.45) is 0.292. The van der Waals surface area contributed by atoms with E-state index in [0.717, 1.165) is 5.56 Å². The Balaban J connectivity index is 1.63. The fourth-order valence-corrected chi connectivity index (χ4v) is 3.16. The highest BCUT2D eigenvalue weighted by Gasteiger charge is 2.36. The highest BCUT2D eigenvalue weighted by molar-refractivity contribution is 6.31. The van der Waals surface area contributed by atoms with E-state index in [-0.39, 0.29) is 17.7 Å². The lowest BCUT2D eigenvalue weighted by molar-refractivity contribution is -0.139. The minimum absolute atomic E-state index is 0.0199. The number of rotatable bonds is 3. The van der Waals surface area contributed by atoms with Crippen molar-refractivity contribution in [2.45, 2.75) is 13.0 Å². The van der Waals surface area contributed by atoms with Crippen molar-refractivity contribution in [1.29, 1.82) is 0 Å². The van der Waals surface area contributed by atoms with E-state index < -0.39 is 0 Å². The molecule has 2 amide bonds. The fourth-order valence-electron chi connectivity index (χ4n) is 2.96. The van der Waals surface area contributed by atoms with Gasteiger partial charge in [-0.2, -0.15) is 0 Å². The predicted octanol–water partition coefficient (Wildman–Crippen LogP) is 1.55. The molecule has 5 nitrogen and oxygen atoms in total. The summed E-state index contributed by atoms with van der Waals surface area (Å²) in [6.45, 7) is 3.33. The van der Waals surface area contributed by atoms with Gasteiger partial charge in [-0.1, -0.05) is 29.8 Å². The van der Waals surface area contributed by atoms with Crippen molar-refractivity contribution in [2.75, 3.05) is 32.8 Å². The molecule has 2 aliphatic heterocycles. The van der Waals surface area contributed by atoms with Crippen molar-refractivity contribution in [2.24, 2.45) is 5.92 Å². The maximum Gasteiger partial charge on any atom is 0.228 e. The molecule has 0 aromatic heterocycles. The summed E-state index contributed by atoms with van der Waals surface area (Å²) in [6, 6.07) is 7.49. The van der Waals surface area contributed by atoms with Gasteiger partial charge < -0.3 is 14.5 Å². The number of likely N-dealkylation sites (tertiary alicyclic amines) is 1. The number of hydrogen-bond acceptors (Lipinski definition) is 3. The Bertz CT molecular complexity index is 572. The molecule has 0 unspecified atom stereocenters. The first kappa shape index (κ1) is 15.3. The van der Waals surface area contributed by atoms with Crippen LogP contribution in [0.15, 0.2) is 24.3 Å². The molecular formula is C16H19ClN2O3. The van der Waals surface area contributed by atoms with Crippen LogP contribution in [0.3, 0.4) is 0 Å². The third-order valence-corrected chi connectivity index (χ3v) is 4.57. The van der Waals surface area contributed by atoms with Gasteiger partial charge in [0, 0.05) is 37.6 Å². The molecule has 2 heterocycles.